The standard InChI is InChI=1S/C18H18BrN3O3/c19-14-4-3-5-15(10-14)25-16-7-6-13(11-20-16)18(24)21-12-17(23)22-8-1-2-9-22/h3-7,10-11H,1-2,8-9,12H2,(H,21,24). The number of ether oxygens (including phenoxy) is 1. The molecule has 2 heterocycles. The minimum atomic E-state index is -0.325. The third-order valence-corrected chi connectivity index (χ3v) is 4.37. The molecule has 130 valence electrons. The first kappa shape index (κ1) is 17.4. The number of carbonyl (C=O) groups excluding carboxylic acids is 2. The predicted octanol–water partition coefficient (Wildman–Crippen LogP) is 2.99. The van der Waals surface area contributed by atoms with Gasteiger partial charge in [-0.05, 0) is 37.1 Å². The van der Waals surface area contributed by atoms with E-state index in [4.69, 9.17) is 4.74 Å². The van der Waals surface area contributed by atoms with Gasteiger partial charge in [0.25, 0.3) is 5.91 Å². The summed E-state index contributed by atoms with van der Waals surface area (Å²) in [5.74, 6) is 0.667. The van der Waals surface area contributed by atoms with Crippen molar-refractivity contribution in [1.82, 2.24) is 15.2 Å². The van der Waals surface area contributed by atoms with Crippen molar-refractivity contribution in [1.29, 1.82) is 0 Å². The largest absolute Gasteiger partial charge is 0.439 e. The zero-order valence-electron chi connectivity index (χ0n) is 13.6. The second kappa shape index (κ2) is 8.11. The lowest BCUT2D eigenvalue weighted by Gasteiger charge is -2.15. The van der Waals surface area contributed by atoms with E-state index in [9.17, 15) is 9.59 Å². The quantitative estimate of drug-likeness (QED) is 0.832. The van der Waals surface area contributed by atoms with Crippen molar-refractivity contribution in [3.8, 4) is 11.6 Å². The Balaban J connectivity index is 1.54. The summed E-state index contributed by atoms with van der Waals surface area (Å²) in [5, 5.41) is 2.64. The van der Waals surface area contributed by atoms with E-state index < -0.39 is 0 Å². The second-order valence-electron chi connectivity index (χ2n) is 5.72. The van der Waals surface area contributed by atoms with Gasteiger partial charge in [-0.1, -0.05) is 22.0 Å². The monoisotopic (exact) mass is 403 g/mol. The summed E-state index contributed by atoms with van der Waals surface area (Å²) < 4.78 is 6.53. The zero-order valence-corrected chi connectivity index (χ0v) is 15.2. The molecule has 2 aromatic rings. The van der Waals surface area contributed by atoms with Crippen LogP contribution in [-0.2, 0) is 4.79 Å². The van der Waals surface area contributed by atoms with Crippen molar-refractivity contribution < 1.29 is 14.3 Å². The first-order valence-electron chi connectivity index (χ1n) is 8.07. The van der Waals surface area contributed by atoms with Crippen LogP contribution in [0, 0.1) is 0 Å². The average molecular weight is 404 g/mol. The molecule has 2 amide bonds. The van der Waals surface area contributed by atoms with Gasteiger partial charge in [-0.2, -0.15) is 0 Å². The van der Waals surface area contributed by atoms with E-state index in [1.165, 1.54) is 6.20 Å². The van der Waals surface area contributed by atoms with Crippen molar-refractivity contribution in [3.05, 3.63) is 52.6 Å². The van der Waals surface area contributed by atoms with E-state index in [0.717, 1.165) is 30.4 Å². The number of pyridine rings is 1. The molecule has 0 atom stereocenters. The van der Waals surface area contributed by atoms with Crippen LogP contribution in [0.3, 0.4) is 0 Å². The van der Waals surface area contributed by atoms with Gasteiger partial charge in [0.1, 0.15) is 5.75 Å². The fraction of sp³-hybridized carbons (Fsp3) is 0.278. The Morgan fingerprint density at radius 1 is 1.20 bits per heavy atom. The van der Waals surface area contributed by atoms with Crippen LogP contribution in [0.4, 0.5) is 0 Å². The van der Waals surface area contributed by atoms with Crippen LogP contribution in [0.25, 0.3) is 0 Å². The summed E-state index contributed by atoms with van der Waals surface area (Å²) in [4.78, 5) is 30.0. The molecule has 1 aliphatic rings. The van der Waals surface area contributed by atoms with Crippen molar-refractivity contribution in [2.24, 2.45) is 0 Å². The Kier molecular flexibility index (Phi) is 5.65. The van der Waals surface area contributed by atoms with Crippen LogP contribution in [0.1, 0.15) is 23.2 Å². The van der Waals surface area contributed by atoms with Gasteiger partial charge in [-0.3, -0.25) is 9.59 Å². The molecule has 1 fully saturated rings. The van der Waals surface area contributed by atoms with E-state index in [-0.39, 0.29) is 18.4 Å². The highest BCUT2D eigenvalue weighted by atomic mass is 79.9. The first-order valence-corrected chi connectivity index (χ1v) is 8.86. The van der Waals surface area contributed by atoms with Gasteiger partial charge in [-0.25, -0.2) is 4.98 Å². The second-order valence-corrected chi connectivity index (χ2v) is 6.63. The summed E-state index contributed by atoms with van der Waals surface area (Å²) in [6.07, 6.45) is 3.50. The first-order chi connectivity index (χ1) is 12.1. The SMILES string of the molecule is O=C(NCC(=O)N1CCCC1)c1ccc(Oc2cccc(Br)c2)nc1. The molecule has 0 saturated carbocycles. The number of nitrogens with one attached hydrogen (secondary N) is 1. The van der Waals surface area contributed by atoms with Crippen LogP contribution in [0.5, 0.6) is 11.6 Å². The third-order valence-electron chi connectivity index (χ3n) is 3.88. The molecule has 1 saturated heterocycles. The number of hydrogen-bond donors (Lipinski definition) is 1. The molecule has 7 heteroatoms. The van der Waals surface area contributed by atoms with E-state index in [1.54, 1.807) is 17.0 Å². The molecule has 3 rings (SSSR count). The van der Waals surface area contributed by atoms with Crippen molar-refractivity contribution in [2.75, 3.05) is 19.6 Å². The maximum atomic E-state index is 12.1. The highest BCUT2D eigenvalue weighted by Crippen LogP contribution is 2.22. The molecule has 1 aromatic carbocycles. The molecule has 6 nitrogen and oxygen atoms in total. The van der Waals surface area contributed by atoms with Crippen molar-refractivity contribution in [2.45, 2.75) is 12.8 Å². The lowest BCUT2D eigenvalue weighted by Crippen LogP contribution is -2.38. The van der Waals surface area contributed by atoms with Gasteiger partial charge in [0, 0.05) is 29.8 Å². The van der Waals surface area contributed by atoms with Crippen molar-refractivity contribution >= 4 is 27.7 Å². The molecule has 1 aromatic heterocycles. The molecule has 1 aliphatic heterocycles. The number of aromatic nitrogens is 1. The molecule has 1 N–H and O–H groups in total. The average Bonchev–Trinajstić information content (AvgIpc) is 3.15. The van der Waals surface area contributed by atoms with E-state index in [2.05, 4.69) is 26.2 Å². The molecule has 0 bridgehead atoms. The van der Waals surface area contributed by atoms with E-state index in [1.807, 2.05) is 24.3 Å². The Morgan fingerprint density at radius 2 is 2.00 bits per heavy atom. The highest BCUT2D eigenvalue weighted by Gasteiger charge is 2.18. The van der Waals surface area contributed by atoms with Gasteiger partial charge >= 0.3 is 0 Å². The molecule has 0 spiro atoms. The Labute approximate surface area is 154 Å². The van der Waals surface area contributed by atoms with E-state index >= 15 is 0 Å². The maximum Gasteiger partial charge on any atom is 0.253 e. The van der Waals surface area contributed by atoms with Gasteiger partial charge in [-0.15, -0.1) is 0 Å². The molecule has 25 heavy (non-hydrogen) atoms. The number of carbonyl (C=O) groups is 2. The van der Waals surface area contributed by atoms with Gasteiger partial charge in [0.15, 0.2) is 0 Å². The van der Waals surface area contributed by atoms with Crippen LogP contribution in [-0.4, -0.2) is 41.3 Å². The van der Waals surface area contributed by atoms with Crippen LogP contribution < -0.4 is 10.1 Å². The van der Waals surface area contributed by atoms with Crippen LogP contribution in [0.15, 0.2) is 47.1 Å². The predicted molar refractivity (Wildman–Crippen MR) is 96.6 cm³/mol. The number of benzene rings is 1. The minimum Gasteiger partial charge on any atom is -0.439 e. The van der Waals surface area contributed by atoms with Crippen molar-refractivity contribution in [3.63, 3.8) is 0 Å². The smallest absolute Gasteiger partial charge is 0.253 e. The zero-order chi connectivity index (χ0) is 17.6. The summed E-state index contributed by atoms with van der Waals surface area (Å²) in [6, 6.07) is 10.6. The van der Waals surface area contributed by atoms with Crippen LogP contribution in [0.2, 0.25) is 0 Å². The minimum absolute atomic E-state index is 0.00905. The number of rotatable bonds is 5. The van der Waals surface area contributed by atoms with E-state index in [0.29, 0.717) is 17.2 Å². The summed E-state index contributed by atoms with van der Waals surface area (Å²) in [5.41, 5.74) is 0.385. The third kappa shape index (κ3) is 4.79. The number of likely N-dealkylation sites (tertiary alicyclic amines) is 1. The lowest BCUT2D eigenvalue weighted by atomic mass is 10.2. The van der Waals surface area contributed by atoms with Gasteiger partial charge < -0.3 is 15.0 Å². The topological polar surface area (TPSA) is 71.5 Å². The van der Waals surface area contributed by atoms with Crippen LogP contribution >= 0.6 is 15.9 Å². The maximum absolute atomic E-state index is 12.1. The fourth-order valence-corrected chi connectivity index (χ4v) is 2.94. The summed E-state index contributed by atoms with van der Waals surface area (Å²) >= 11 is 3.38. The molecular formula is C18H18BrN3O3. The molecule has 0 radical (unpaired) electrons. The number of nitrogens with zero attached hydrogens (tertiary/aromatic N) is 2. The number of amides is 2. The number of halogens is 1. The summed E-state index contributed by atoms with van der Waals surface area (Å²) in [7, 11) is 0. The Hall–Kier alpha value is -2.41. The molecule has 0 unspecified atom stereocenters. The highest BCUT2D eigenvalue weighted by molar-refractivity contribution is 9.10. The molecular weight excluding hydrogens is 386 g/mol. The lowest BCUT2D eigenvalue weighted by molar-refractivity contribution is -0.129. The Morgan fingerprint density at radius 3 is 2.68 bits per heavy atom. The van der Waals surface area contributed by atoms with Gasteiger partial charge in [0.05, 0.1) is 12.1 Å². The number of hydrogen-bond acceptors (Lipinski definition) is 4. The normalized spacial score (nSPS) is 13.6. The van der Waals surface area contributed by atoms with Gasteiger partial charge in [0.2, 0.25) is 11.8 Å². The fourth-order valence-electron chi connectivity index (χ4n) is 2.56. The Bertz CT molecular complexity index is 758. The summed E-state index contributed by atoms with van der Waals surface area (Å²) in [6.45, 7) is 1.56. The molecule has 0 aliphatic carbocycles.